The zero-order chi connectivity index (χ0) is 10.3. The van der Waals surface area contributed by atoms with Gasteiger partial charge in [-0.05, 0) is 6.42 Å². The van der Waals surface area contributed by atoms with Crippen molar-refractivity contribution in [1.29, 1.82) is 0 Å². The molecule has 1 N–H and O–H groups in total. The minimum Gasteiger partial charge on any atom is -0.360 e. The number of rotatable bonds is 7. The molecule has 13 heavy (non-hydrogen) atoms. The monoisotopic (exact) mass is 228 g/mol. The first-order valence-electron chi connectivity index (χ1n) is 4.00. The third-order valence-corrected chi connectivity index (χ3v) is 4.47. The lowest BCUT2D eigenvalue weighted by Crippen LogP contribution is -2.21. The molecule has 0 aliphatic carbocycles. The summed E-state index contributed by atoms with van der Waals surface area (Å²) in [7, 11) is -1.24. The first-order chi connectivity index (χ1) is 5.99. The SMILES string of the molecule is COC(OC)[SiH2]CCCS(=O)(=O)O. The lowest BCUT2D eigenvalue weighted by molar-refractivity contribution is -0.0441. The average Bonchev–Trinajstić information content (AvgIpc) is 2.03. The van der Waals surface area contributed by atoms with Crippen molar-refractivity contribution in [2.24, 2.45) is 0 Å². The van der Waals surface area contributed by atoms with Crippen LogP contribution in [-0.2, 0) is 19.6 Å². The second kappa shape index (κ2) is 6.49. The smallest absolute Gasteiger partial charge is 0.264 e. The van der Waals surface area contributed by atoms with Gasteiger partial charge in [0.25, 0.3) is 10.1 Å². The van der Waals surface area contributed by atoms with E-state index >= 15 is 0 Å². The third kappa shape index (κ3) is 8.38. The van der Waals surface area contributed by atoms with Crippen molar-refractivity contribution in [2.75, 3.05) is 20.0 Å². The molecule has 0 saturated heterocycles. The van der Waals surface area contributed by atoms with Crippen molar-refractivity contribution in [2.45, 2.75) is 18.4 Å². The van der Waals surface area contributed by atoms with Gasteiger partial charge in [-0.3, -0.25) is 4.55 Å². The summed E-state index contributed by atoms with van der Waals surface area (Å²) in [6, 6.07) is 0.784. The van der Waals surface area contributed by atoms with E-state index < -0.39 is 19.6 Å². The molecule has 0 aromatic heterocycles. The molecule has 5 nitrogen and oxygen atoms in total. The van der Waals surface area contributed by atoms with Crippen molar-refractivity contribution in [3.05, 3.63) is 0 Å². The molecule has 0 amide bonds. The van der Waals surface area contributed by atoms with Gasteiger partial charge in [-0.1, -0.05) is 6.04 Å². The molecule has 0 atom stereocenters. The summed E-state index contributed by atoms with van der Waals surface area (Å²) in [6.07, 6.45) is 0.480. The van der Waals surface area contributed by atoms with Crippen LogP contribution >= 0.6 is 0 Å². The highest BCUT2D eigenvalue weighted by Gasteiger charge is 2.08. The topological polar surface area (TPSA) is 72.8 Å². The highest BCUT2D eigenvalue weighted by atomic mass is 32.2. The summed E-state index contributed by atoms with van der Waals surface area (Å²) in [4.78, 5) is 0. The molecule has 0 spiro atoms. The summed E-state index contributed by atoms with van der Waals surface area (Å²) < 4.78 is 39.0. The van der Waals surface area contributed by atoms with Crippen LogP contribution in [0.25, 0.3) is 0 Å². The predicted molar refractivity (Wildman–Crippen MR) is 52.2 cm³/mol. The van der Waals surface area contributed by atoms with E-state index in [2.05, 4.69) is 0 Å². The van der Waals surface area contributed by atoms with Gasteiger partial charge in [-0.2, -0.15) is 8.42 Å². The molecule has 0 unspecified atom stereocenters. The Morgan fingerprint density at radius 1 is 1.38 bits per heavy atom. The van der Waals surface area contributed by atoms with E-state index in [4.69, 9.17) is 14.0 Å². The lowest BCUT2D eigenvalue weighted by atomic mass is 10.6. The Kier molecular flexibility index (Phi) is 6.52. The summed E-state index contributed by atoms with van der Waals surface area (Å²) in [5, 5.41) is 0. The fourth-order valence-electron chi connectivity index (χ4n) is 0.927. The Labute approximate surface area is 81.0 Å². The maximum absolute atomic E-state index is 10.3. The Morgan fingerprint density at radius 3 is 2.31 bits per heavy atom. The van der Waals surface area contributed by atoms with Gasteiger partial charge >= 0.3 is 0 Å². The fraction of sp³-hybridized carbons (Fsp3) is 1.00. The summed E-state index contributed by atoms with van der Waals surface area (Å²) >= 11 is 0. The molecule has 0 aliphatic heterocycles. The second-order valence-corrected chi connectivity index (χ2v) is 6.21. The number of methoxy groups -OCH3 is 2. The zero-order valence-corrected chi connectivity index (χ0v) is 10.1. The van der Waals surface area contributed by atoms with Crippen LogP contribution in [0.3, 0.4) is 0 Å². The van der Waals surface area contributed by atoms with Gasteiger partial charge in [0.15, 0.2) is 0 Å². The van der Waals surface area contributed by atoms with Gasteiger partial charge in [-0.25, -0.2) is 0 Å². The van der Waals surface area contributed by atoms with Crippen molar-refractivity contribution >= 4 is 19.6 Å². The van der Waals surface area contributed by atoms with Gasteiger partial charge in [0, 0.05) is 14.2 Å². The average molecular weight is 228 g/mol. The molecule has 0 aliphatic rings. The molecule has 0 fully saturated rings. The third-order valence-electron chi connectivity index (χ3n) is 1.62. The normalized spacial score (nSPS) is 13.2. The molecule has 0 heterocycles. The standard InChI is InChI=1S/C6H16O5SSi/c1-10-6(11-2)13-5-3-4-12(7,8)9/h6H,3-5,13H2,1-2H3,(H,7,8,9). The minimum absolute atomic E-state index is 0.151. The van der Waals surface area contributed by atoms with Gasteiger partial charge in [0.1, 0.15) is 5.91 Å². The summed E-state index contributed by atoms with van der Waals surface area (Å²) in [5.74, 6) is -0.318. The summed E-state index contributed by atoms with van der Waals surface area (Å²) in [5.41, 5.74) is 0. The largest absolute Gasteiger partial charge is 0.360 e. The Bertz CT molecular complexity index is 211. The highest BCUT2D eigenvalue weighted by molar-refractivity contribution is 7.85. The van der Waals surface area contributed by atoms with Gasteiger partial charge in [0.05, 0.1) is 15.3 Å². The van der Waals surface area contributed by atoms with Crippen LogP contribution < -0.4 is 0 Å². The minimum atomic E-state index is -3.79. The maximum Gasteiger partial charge on any atom is 0.264 e. The molecule has 7 heteroatoms. The van der Waals surface area contributed by atoms with Gasteiger partial charge in [-0.15, -0.1) is 0 Å². The first-order valence-corrected chi connectivity index (χ1v) is 7.43. The first kappa shape index (κ1) is 13.0. The molecule has 0 bridgehead atoms. The van der Waals surface area contributed by atoms with Crippen molar-refractivity contribution in [1.82, 2.24) is 0 Å². The van der Waals surface area contributed by atoms with Crippen LogP contribution in [0.2, 0.25) is 6.04 Å². The summed E-state index contributed by atoms with van der Waals surface area (Å²) in [6.45, 7) is 0. The number of hydrogen-bond acceptors (Lipinski definition) is 4. The van der Waals surface area contributed by atoms with Crippen LogP contribution in [-0.4, -0.2) is 48.4 Å². The van der Waals surface area contributed by atoms with Crippen LogP contribution in [0, 0.1) is 0 Å². The van der Waals surface area contributed by atoms with E-state index in [1.807, 2.05) is 0 Å². The quantitative estimate of drug-likeness (QED) is 0.273. The van der Waals surface area contributed by atoms with Crippen LogP contribution in [0.1, 0.15) is 6.42 Å². The van der Waals surface area contributed by atoms with E-state index in [0.29, 0.717) is 6.42 Å². The molecule has 0 rings (SSSR count). The van der Waals surface area contributed by atoms with E-state index in [1.54, 1.807) is 14.2 Å². The zero-order valence-electron chi connectivity index (χ0n) is 7.89. The predicted octanol–water partition coefficient (Wildman–Crippen LogP) is -0.572. The number of hydrogen-bond donors (Lipinski definition) is 1. The van der Waals surface area contributed by atoms with E-state index in [1.165, 1.54) is 0 Å². The van der Waals surface area contributed by atoms with E-state index in [9.17, 15) is 8.42 Å². The van der Waals surface area contributed by atoms with Crippen molar-refractivity contribution < 1.29 is 22.4 Å². The molecule has 0 aromatic rings. The van der Waals surface area contributed by atoms with E-state index in [-0.39, 0.29) is 11.7 Å². The van der Waals surface area contributed by atoms with E-state index in [0.717, 1.165) is 6.04 Å². The maximum atomic E-state index is 10.3. The van der Waals surface area contributed by atoms with Crippen LogP contribution in [0.4, 0.5) is 0 Å². The lowest BCUT2D eigenvalue weighted by Gasteiger charge is -2.11. The second-order valence-electron chi connectivity index (χ2n) is 2.68. The molecule has 0 radical (unpaired) electrons. The van der Waals surface area contributed by atoms with Crippen molar-refractivity contribution in [3.8, 4) is 0 Å². The van der Waals surface area contributed by atoms with Gasteiger partial charge < -0.3 is 9.47 Å². The van der Waals surface area contributed by atoms with Crippen LogP contribution in [0.5, 0.6) is 0 Å². The number of ether oxygens (including phenoxy) is 2. The molecule has 80 valence electrons. The Balaban J connectivity index is 3.45. The molecular formula is C6H16O5SSi. The Morgan fingerprint density at radius 2 is 1.92 bits per heavy atom. The molecular weight excluding hydrogens is 212 g/mol. The van der Waals surface area contributed by atoms with Gasteiger partial charge in [0.2, 0.25) is 0 Å². The Hall–Kier alpha value is 0.0469. The highest BCUT2D eigenvalue weighted by Crippen LogP contribution is 1.98. The molecule has 0 saturated carbocycles. The molecule has 0 aromatic carbocycles. The van der Waals surface area contributed by atoms with Crippen LogP contribution in [0.15, 0.2) is 0 Å². The fourth-order valence-corrected chi connectivity index (χ4v) is 3.20. The van der Waals surface area contributed by atoms with Crippen molar-refractivity contribution in [3.63, 3.8) is 0 Å².